The van der Waals surface area contributed by atoms with Crippen molar-refractivity contribution in [3.8, 4) is 11.5 Å². The smallest absolute Gasteiger partial charge is 0.231 e. The minimum atomic E-state index is -0.303. The van der Waals surface area contributed by atoms with Crippen LogP contribution in [0, 0.1) is 12.7 Å². The molecule has 4 rings (SSSR count). The Labute approximate surface area is 170 Å². The van der Waals surface area contributed by atoms with E-state index in [1.54, 1.807) is 30.3 Å². The van der Waals surface area contributed by atoms with Crippen LogP contribution in [0.2, 0.25) is 0 Å². The standard InChI is InChI=1S/C23H16BrFO3/c1-14-20(27-13-15-5-4-7-17(25)11-15)10-9-18-22(26)21(28-23(14)18)12-16-6-2-3-8-19(16)24/h2-12H,13H2,1H3/b21-12-. The van der Waals surface area contributed by atoms with Gasteiger partial charge >= 0.3 is 0 Å². The van der Waals surface area contributed by atoms with Crippen LogP contribution in [0.5, 0.6) is 11.5 Å². The Balaban J connectivity index is 1.59. The first-order chi connectivity index (χ1) is 13.5. The van der Waals surface area contributed by atoms with Crippen molar-refractivity contribution < 1.29 is 18.7 Å². The number of Topliss-reactive ketones (excluding diaryl/α,β-unsaturated/α-hetero) is 1. The van der Waals surface area contributed by atoms with E-state index in [0.717, 1.165) is 21.2 Å². The zero-order valence-electron chi connectivity index (χ0n) is 15.0. The predicted molar refractivity (Wildman–Crippen MR) is 109 cm³/mol. The van der Waals surface area contributed by atoms with Crippen LogP contribution in [0.4, 0.5) is 4.39 Å². The highest BCUT2D eigenvalue weighted by Gasteiger charge is 2.30. The largest absolute Gasteiger partial charge is 0.488 e. The maximum absolute atomic E-state index is 13.3. The van der Waals surface area contributed by atoms with Gasteiger partial charge in [0.15, 0.2) is 5.76 Å². The molecule has 1 heterocycles. The van der Waals surface area contributed by atoms with Gasteiger partial charge in [-0.15, -0.1) is 0 Å². The summed E-state index contributed by atoms with van der Waals surface area (Å²) in [5.74, 6) is 0.901. The monoisotopic (exact) mass is 438 g/mol. The Kier molecular flexibility index (Phi) is 5.01. The summed E-state index contributed by atoms with van der Waals surface area (Å²) in [5.41, 5.74) is 2.83. The lowest BCUT2D eigenvalue weighted by Crippen LogP contribution is -1.98. The lowest BCUT2D eigenvalue weighted by molar-refractivity contribution is 0.101. The number of hydrogen-bond acceptors (Lipinski definition) is 3. The second kappa shape index (κ2) is 7.60. The third kappa shape index (κ3) is 3.58. The number of fused-ring (bicyclic) bond motifs is 1. The molecule has 0 unspecified atom stereocenters. The van der Waals surface area contributed by atoms with E-state index in [9.17, 15) is 9.18 Å². The van der Waals surface area contributed by atoms with Gasteiger partial charge in [-0.05, 0) is 54.5 Å². The zero-order valence-corrected chi connectivity index (χ0v) is 16.6. The van der Waals surface area contributed by atoms with Crippen LogP contribution in [0.25, 0.3) is 6.08 Å². The molecule has 1 aliphatic heterocycles. The van der Waals surface area contributed by atoms with Crippen LogP contribution in [-0.4, -0.2) is 5.78 Å². The molecule has 28 heavy (non-hydrogen) atoms. The molecule has 5 heteroatoms. The van der Waals surface area contributed by atoms with Gasteiger partial charge in [-0.25, -0.2) is 4.39 Å². The van der Waals surface area contributed by atoms with Gasteiger partial charge < -0.3 is 9.47 Å². The molecule has 3 nitrogen and oxygen atoms in total. The molecule has 0 saturated heterocycles. The lowest BCUT2D eigenvalue weighted by Gasteiger charge is -2.11. The summed E-state index contributed by atoms with van der Waals surface area (Å²) < 4.78 is 25.9. The molecule has 0 atom stereocenters. The molecule has 0 aromatic heterocycles. The maximum atomic E-state index is 13.3. The van der Waals surface area contributed by atoms with Gasteiger partial charge in [0, 0.05) is 10.0 Å². The summed E-state index contributed by atoms with van der Waals surface area (Å²) in [6, 6.07) is 17.3. The third-order valence-corrected chi connectivity index (χ3v) is 5.23. The Bertz CT molecular complexity index is 1100. The average Bonchev–Trinajstić information content (AvgIpc) is 3.00. The Morgan fingerprint density at radius 2 is 1.93 bits per heavy atom. The number of rotatable bonds is 4. The highest BCUT2D eigenvalue weighted by molar-refractivity contribution is 9.10. The number of ether oxygens (including phenoxy) is 2. The number of ketones is 1. The van der Waals surface area contributed by atoms with E-state index in [2.05, 4.69) is 15.9 Å². The normalized spacial score (nSPS) is 14.1. The van der Waals surface area contributed by atoms with Gasteiger partial charge in [0.2, 0.25) is 5.78 Å². The molecule has 0 N–H and O–H groups in total. The first-order valence-electron chi connectivity index (χ1n) is 8.72. The Hall–Kier alpha value is -2.92. The van der Waals surface area contributed by atoms with Gasteiger partial charge in [-0.2, -0.15) is 0 Å². The molecule has 140 valence electrons. The quantitative estimate of drug-likeness (QED) is 0.462. The number of carbonyl (C=O) groups is 1. The van der Waals surface area contributed by atoms with Gasteiger partial charge in [0.25, 0.3) is 0 Å². The van der Waals surface area contributed by atoms with Crippen molar-refractivity contribution >= 4 is 27.8 Å². The fourth-order valence-electron chi connectivity index (χ4n) is 3.05. The van der Waals surface area contributed by atoms with Crippen LogP contribution in [0.1, 0.15) is 27.0 Å². The second-order valence-corrected chi connectivity index (χ2v) is 7.30. The molecule has 0 bridgehead atoms. The van der Waals surface area contributed by atoms with Crippen molar-refractivity contribution in [2.24, 2.45) is 0 Å². The molecule has 0 spiro atoms. The van der Waals surface area contributed by atoms with Crippen molar-refractivity contribution in [2.75, 3.05) is 0 Å². The number of halogens is 2. The minimum Gasteiger partial charge on any atom is -0.488 e. The number of benzene rings is 3. The summed E-state index contributed by atoms with van der Waals surface area (Å²) in [6.07, 6.45) is 1.72. The molecule has 0 aliphatic carbocycles. The summed E-state index contributed by atoms with van der Waals surface area (Å²) in [5, 5.41) is 0. The minimum absolute atomic E-state index is 0.162. The fourth-order valence-corrected chi connectivity index (χ4v) is 3.44. The maximum Gasteiger partial charge on any atom is 0.231 e. The Morgan fingerprint density at radius 3 is 2.71 bits per heavy atom. The van der Waals surface area contributed by atoms with E-state index in [1.807, 2.05) is 31.2 Å². The van der Waals surface area contributed by atoms with Crippen molar-refractivity contribution in [3.05, 3.63) is 99.0 Å². The van der Waals surface area contributed by atoms with Crippen molar-refractivity contribution in [1.29, 1.82) is 0 Å². The van der Waals surface area contributed by atoms with Gasteiger partial charge in [-0.3, -0.25) is 4.79 Å². The third-order valence-electron chi connectivity index (χ3n) is 4.51. The van der Waals surface area contributed by atoms with E-state index in [0.29, 0.717) is 17.1 Å². The van der Waals surface area contributed by atoms with Crippen molar-refractivity contribution in [2.45, 2.75) is 13.5 Å². The summed E-state index contributed by atoms with van der Waals surface area (Å²) in [7, 11) is 0. The number of hydrogen-bond donors (Lipinski definition) is 0. The molecular formula is C23H16BrFO3. The van der Waals surface area contributed by atoms with Crippen LogP contribution >= 0.6 is 15.9 Å². The second-order valence-electron chi connectivity index (χ2n) is 6.45. The number of carbonyl (C=O) groups excluding carboxylic acids is 1. The van der Waals surface area contributed by atoms with E-state index < -0.39 is 0 Å². The molecule has 0 radical (unpaired) electrons. The molecule has 3 aromatic rings. The van der Waals surface area contributed by atoms with E-state index in [-0.39, 0.29) is 24.0 Å². The van der Waals surface area contributed by atoms with E-state index in [1.165, 1.54) is 12.1 Å². The molecule has 0 amide bonds. The summed E-state index contributed by atoms with van der Waals surface area (Å²) in [4.78, 5) is 12.7. The predicted octanol–water partition coefficient (Wildman–Crippen LogP) is 6.09. The SMILES string of the molecule is Cc1c(OCc2cccc(F)c2)ccc2c1O/C(=C\c1ccccc1Br)C2=O. The van der Waals surface area contributed by atoms with Crippen molar-refractivity contribution in [3.63, 3.8) is 0 Å². The summed E-state index contributed by atoms with van der Waals surface area (Å²) >= 11 is 3.47. The highest BCUT2D eigenvalue weighted by Crippen LogP contribution is 2.39. The highest BCUT2D eigenvalue weighted by atomic mass is 79.9. The van der Waals surface area contributed by atoms with Crippen LogP contribution in [0.15, 0.2) is 70.9 Å². The van der Waals surface area contributed by atoms with Gasteiger partial charge in [0.1, 0.15) is 23.9 Å². The van der Waals surface area contributed by atoms with Crippen molar-refractivity contribution in [1.82, 2.24) is 0 Å². The fraction of sp³-hybridized carbons (Fsp3) is 0.0870. The van der Waals surface area contributed by atoms with Crippen LogP contribution < -0.4 is 9.47 Å². The zero-order chi connectivity index (χ0) is 19.7. The first-order valence-corrected chi connectivity index (χ1v) is 9.52. The van der Waals surface area contributed by atoms with Gasteiger partial charge in [0.05, 0.1) is 5.56 Å². The van der Waals surface area contributed by atoms with E-state index >= 15 is 0 Å². The Morgan fingerprint density at radius 1 is 1.11 bits per heavy atom. The van der Waals surface area contributed by atoms with Gasteiger partial charge in [-0.1, -0.05) is 46.3 Å². The van der Waals surface area contributed by atoms with Crippen LogP contribution in [-0.2, 0) is 6.61 Å². The topological polar surface area (TPSA) is 35.5 Å². The van der Waals surface area contributed by atoms with E-state index in [4.69, 9.17) is 9.47 Å². The summed E-state index contributed by atoms with van der Waals surface area (Å²) in [6.45, 7) is 2.07. The number of allylic oxidation sites excluding steroid dienone is 1. The molecule has 0 saturated carbocycles. The average molecular weight is 439 g/mol. The molecule has 3 aromatic carbocycles. The first kappa shape index (κ1) is 18.4. The molecule has 1 aliphatic rings. The molecule has 0 fully saturated rings. The molecular weight excluding hydrogens is 423 g/mol. The lowest BCUT2D eigenvalue weighted by atomic mass is 10.1. The van der Waals surface area contributed by atoms with Crippen LogP contribution in [0.3, 0.4) is 0 Å².